The number of carbonyl (C=O) groups is 1. The largest absolute Gasteiger partial charge is 0.466 e. The maximum atomic E-state index is 12.6. The Kier molecular flexibility index (Phi) is 5.86. The number of thioether (sulfide) groups is 1. The zero-order valence-electron chi connectivity index (χ0n) is 14.2. The molecule has 3 rings (SSSR count). The van der Waals surface area contributed by atoms with E-state index in [1.54, 1.807) is 23.9 Å². The average Bonchev–Trinajstić information content (AvgIpc) is 2.67. The Balaban J connectivity index is 2.14. The Bertz CT molecular complexity index is 864. The first-order valence-corrected chi connectivity index (χ1v) is 9.84. The molecular weight excluding hydrogens is 388 g/mol. The van der Waals surface area contributed by atoms with E-state index in [-0.39, 0.29) is 0 Å². The smallest absolute Gasteiger partial charge is 0.338 e. The summed E-state index contributed by atoms with van der Waals surface area (Å²) in [7, 11) is 1.37. The molecule has 1 aliphatic rings. The minimum absolute atomic E-state index is 0.405. The molecule has 4 nitrogen and oxygen atoms in total. The Morgan fingerprint density at radius 2 is 1.81 bits per heavy atom. The van der Waals surface area contributed by atoms with E-state index in [0.29, 0.717) is 21.4 Å². The molecule has 0 saturated heterocycles. The summed E-state index contributed by atoms with van der Waals surface area (Å²) in [6.45, 7) is 0. The quantitative estimate of drug-likeness (QED) is 0.453. The predicted molar refractivity (Wildman–Crippen MR) is 110 cm³/mol. The number of hydrogen-bond acceptors (Lipinski definition) is 4. The molecule has 0 aromatic heterocycles. The van der Waals surface area contributed by atoms with Gasteiger partial charge in [-0.1, -0.05) is 35.9 Å². The number of thiocarbonyl (C=S) groups is 1. The van der Waals surface area contributed by atoms with Crippen molar-refractivity contribution in [1.29, 1.82) is 0 Å². The van der Waals surface area contributed by atoms with E-state index in [0.717, 1.165) is 16.0 Å². The van der Waals surface area contributed by atoms with E-state index >= 15 is 0 Å². The summed E-state index contributed by atoms with van der Waals surface area (Å²) in [4.78, 5) is 13.7. The van der Waals surface area contributed by atoms with Crippen molar-refractivity contribution in [3.05, 3.63) is 70.3 Å². The molecule has 1 unspecified atom stereocenters. The lowest BCUT2D eigenvalue weighted by Crippen LogP contribution is -2.45. The maximum Gasteiger partial charge on any atom is 0.338 e. The van der Waals surface area contributed by atoms with Gasteiger partial charge in [0, 0.05) is 9.92 Å². The summed E-state index contributed by atoms with van der Waals surface area (Å²) in [5, 5.41) is 7.33. The van der Waals surface area contributed by atoms with Crippen molar-refractivity contribution >= 4 is 52.4 Å². The van der Waals surface area contributed by atoms with Crippen LogP contribution in [0.15, 0.2) is 59.0 Å². The predicted octanol–water partition coefficient (Wildman–Crippen LogP) is 4.17. The van der Waals surface area contributed by atoms with Gasteiger partial charge in [0.05, 0.1) is 24.4 Å². The zero-order valence-corrected chi connectivity index (χ0v) is 16.6. The molecule has 0 radical (unpaired) electrons. The van der Waals surface area contributed by atoms with E-state index < -0.39 is 12.0 Å². The lowest BCUT2D eigenvalue weighted by atomic mass is 9.93. The molecule has 0 bridgehead atoms. The summed E-state index contributed by atoms with van der Waals surface area (Å²) in [6, 6.07) is 14.8. The second kappa shape index (κ2) is 8.12. The first kappa shape index (κ1) is 18.8. The van der Waals surface area contributed by atoms with Gasteiger partial charge in [0.15, 0.2) is 5.11 Å². The van der Waals surface area contributed by atoms with Gasteiger partial charge in [-0.2, -0.15) is 0 Å². The number of ether oxygens (including phenoxy) is 1. The fourth-order valence-electron chi connectivity index (χ4n) is 2.79. The van der Waals surface area contributed by atoms with Crippen LogP contribution >= 0.6 is 35.6 Å². The molecule has 0 saturated carbocycles. The van der Waals surface area contributed by atoms with Crippen LogP contribution in [0.3, 0.4) is 0 Å². The third-order valence-electron chi connectivity index (χ3n) is 4.06. The highest BCUT2D eigenvalue weighted by Crippen LogP contribution is 2.33. The standard InChI is InChI=1S/C19H17ClN2O2S2/c1-24-18(23)15-16(11-3-7-13(20)8-4-11)21-19(25)22-17(15)12-5-9-14(26-2)10-6-12/h3-10,17H,1-2H3,(H2,21,22,25). The van der Waals surface area contributed by atoms with Gasteiger partial charge in [0.1, 0.15) is 0 Å². The van der Waals surface area contributed by atoms with E-state index in [2.05, 4.69) is 10.6 Å². The lowest BCUT2D eigenvalue weighted by molar-refractivity contribution is -0.136. The second-order valence-corrected chi connectivity index (χ2v) is 7.32. The normalized spacial score (nSPS) is 16.7. The van der Waals surface area contributed by atoms with Crippen LogP contribution in [-0.2, 0) is 9.53 Å². The van der Waals surface area contributed by atoms with Crippen molar-refractivity contribution in [1.82, 2.24) is 10.6 Å². The number of halogens is 1. The zero-order chi connectivity index (χ0) is 18.7. The third kappa shape index (κ3) is 3.87. The molecule has 0 aliphatic carbocycles. The second-order valence-electron chi connectivity index (χ2n) is 5.59. The van der Waals surface area contributed by atoms with Crippen molar-refractivity contribution in [2.75, 3.05) is 13.4 Å². The number of esters is 1. The Morgan fingerprint density at radius 3 is 2.38 bits per heavy atom. The first-order valence-electron chi connectivity index (χ1n) is 7.83. The van der Waals surface area contributed by atoms with Crippen molar-refractivity contribution in [3.63, 3.8) is 0 Å². The van der Waals surface area contributed by atoms with Crippen LogP contribution in [-0.4, -0.2) is 24.4 Å². The van der Waals surface area contributed by atoms with E-state index in [9.17, 15) is 4.79 Å². The topological polar surface area (TPSA) is 50.4 Å². The average molecular weight is 405 g/mol. The Labute approximate surface area is 167 Å². The summed E-state index contributed by atoms with van der Waals surface area (Å²) in [5.74, 6) is -0.420. The highest BCUT2D eigenvalue weighted by molar-refractivity contribution is 7.98. The van der Waals surface area contributed by atoms with Gasteiger partial charge >= 0.3 is 5.97 Å². The Hall–Kier alpha value is -2.02. The number of nitrogens with one attached hydrogen (secondary N) is 2. The number of carbonyl (C=O) groups excluding carboxylic acids is 1. The van der Waals surface area contributed by atoms with Gasteiger partial charge in [-0.3, -0.25) is 0 Å². The SMILES string of the molecule is COC(=O)C1=C(c2ccc(Cl)cc2)NC(=S)NC1c1ccc(SC)cc1. The number of hydrogen-bond donors (Lipinski definition) is 2. The van der Waals surface area contributed by atoms with Gasteiger partial charge < -0.3 is 15.4 Å². The van der Waals surface area contributed by atoms with Crippen LogP contribution in [0.5, 0.6) is 0 Å². The van der Waals surface area contributed by atoms with Crippen LogP contribution in [0.2, 0.25) is 5.02 Å². The van der Waals surface area contributed by atoms with Gasteiger partial charge in [-0.25, -0.2) is 4.79 Å². The van der Waals surface area contributed by atoms with Crippen LogP contribution in [0.25, 0.3) is 5.70 Å². The fraction of sp³-hybridized carbons (Fsp3) is 0.158. The van der Waals surface area contributed by atoms with Crippen molar-refractivity contribution in [2.24, 2.45) is 0 Å². The first-order chi connectivity index (χ1) is 12.5. The molecule has 2 aromatic rings. The van der Waals surface area contributed by atoms with Crippen molar-refractivity contribution in [2.45, 2.75) is 10.9 Å². The molecule has 134 valence electrons. The molecule has 2 aromatic carbocycles. The summed E-state index contributed by atoms with van der Waals surface area (Å²) < 4.78 is 5.05. The molecule has 7 heteroatoms. The molecule has 0 amide bonds. The summed E-state index contributed by atoms with van der Waals surface area (Å²) in [5.41, 5.74) is 2.83. The van der Waals surface area contributed by atoms with E-state index in [4.69, 9.17) is 28.6 Å². The van der Waals surface area contributed by atoms with Crippen molar-refractivity contribution in [3.8, 4) is 0 Å². The van der Waals surface area contributed by atoms with Crippen LogP contribution < -0.4 is 10.6 Å². The minimum atomic E-state index is -0.420. The molecule has 26 heavy (non-hydrogen) atoms. The summed E-state index contributed by atoms with van der Waals surface area (Å²) in [6.07, 6.45) is 2.02. The van der Waals surface area contributed by atoms with Crippen LogP contribution in [0.1, 0.15) is 17.2 Å². The van der Waals surface area contributed by atoms with Crippen LogP contribution in [0, 0.1) is 0 Å². The highest BCUT2D eigenvalue weighted by atomic mass is 35.5. The van der Waals surface area contributed by atoms with Crippen molar-refractivity contribution < 1.29 is 9.53 Å². The highest BCUT2D eigenvalue weighted by Gasteiger charge is 2.32. The molecule has 2 N–H and O–H groups in total. The minimum Gasteiger partial charge on any atom is -0.466 e. The van der Waals surface area contributed by atoms with Gasteiger partial charge in [-0.15, -0.1) is 11.8 Å². The van der Waals surface area contributed by atoms with E-state index in [1.807, 2.05) is 42.7 Å². The molecule has 1 aliphatic heterocycles. The molecule has 1 heterocycles. The fourth-order valence-corrected chi connectivity index (χ4v) is 3.54. The third-order valence-corrected chi connectivity index (χ3v) is 5.27. The number of benzene rings is 2. The molecule has 0 fully saturated rings. The van der Waals surface area contributed by atoms with Gasteiger partial charge in [-0.05, 0) is 53.9 Å². The van der Waals surface area contributed by atoms with E-state index in [1.165, 1.54) is 7.11 Å². The molecular formula is C19H17ClN2O2S2. The summed E-state index contributed by atoms with van der Waals surface area (Å²) >= 11 is 13.0. The number of rotatable bonds is 4. The maximum absolute atomic E-state index is 12.6. The Morgan fingerprint density at radius 1 is 1.15 bits per heavy atom. The van der Waals surface area contributed by atoms with Crippen LogP contribution in [0.4, 0.5) is 0 Å². The lowest BCUT2D eigenvalue weighted by Gasteiger charge is -2.31. The van der Waals surface area contributed by atoms with Gasteiger partial charge in [0.25, 0.3) is 0 Å². The molecule has 0 spiro atoms. The monoisotopic (exact) mass is 404 g/mol. The molecule has 1 atom stereocenters. The number of methoxy groups -OCH3 is 1. The van der Waals surface area contributed by atoms with Gasteiger partial charge in [0.2, 0.25) is 0 Å².